The van der Waals surface area contributed by atoms with E-state index in [4.69, 9.17) is 16.1 Å². The average molecular weight is 346 g/mol. The number of hydrogen-bond donors (Lipinski definition) is 0. The number of rotatable bonds is 3. The lowest BCUT2D eigenvalue weighted by molar-refractivity contribution is -0.117. The molecule has 5 nitrogen and oxygen atoms in total. The monoisotopic (exact) mass is 345 g/mol. The number of hydrogen-bond acceptors (Lipinski definition) is 5. The number of thiophene rings is 1. The second-order valence-corrected chi connectivity index (χ2v) is 6.70. The molecule has 23 heavy (non-hydrogen) atoms. The highest BCUT2D eigenvalue weighted by Gasteiger charge is 2.35. The predicted octanol–water partition coefficient (Wildman–Crippen LogP) is 3.97. The summed E-state index contributed by atoms with van der Waals surface area (Å²) < 4.78 is 5.37. The number of aromatic nitrogens is 2. The molecule has 7 heteroatoms. The van der Waals surface area contributed by atoms with Crippen molar-refractivity contribution in [2.24, 2.45) is 0 Å². The Bertz CT molecular complexity index is 847. The molecular weight excluding hydrogens is 334 g/mol. The molecule has 3 aromatic rings. The van der Waals surface area contributed by atoms with Crippen molar-refractivity contribution >= 4 is 34.5 Å². The van der Waals surface area contributed by atoms with Crippen LogP contribution in [0.25, 0.3) is 10.7 Å². The van der Waals surface area contributed by atoms with Crippen LogP contribution in [0.15, 0.2) is 46.3 Å². The summed E-state index contributed by atoms with van der Waals surface area (Å²) in [5, 5.41) is 6.59. The summed E-state index contributed by atoms with van der Waals surface area (Å²) in [6.45, 7) is 0.519. The SMILES string of the molecule is O=C1C[C@@H](c2nc(-c3cccs3)no2)CN1c1cccc(Cl)c1. The second kappa shape index (κ2) is 5.79. The van der Waals surface area contributed by atoms with Crippen LogP contribution in [0.4, 0.5) is 5.69 Å². The molecule has 0 unspecified atom stereocenters. The first kappa shape index (κ1) is 14.4. The fraction of sp³-hybridized carbons (Fsp3) is 0.188. The van der Waals surface area contributed by atoms with E-state index >= 15 is 0 Å². The van der Waals surface area contributed by atoms with Crippen LogP contribution in [-0.4, -0.2) is 22.6 Å². The van der Waals surface area contributed by atoms with Gasteiger partial charge in [-0.3, -0.25) is 4.79 Å². The van der Waals surface area contributed by atoms with Crippen LogP contribution in [0.1, 0.15) is 18.2 Å². The normalized spacial score (nSPS) is 17.9. The van der Waals surface area contributed by atoms with Gasteiger partial charge in [-0.05, 0) is 29.6 Å². The predicted molar refractivity (Wildman–Crippen MR) is 88.8 cm³/mol. The van der Waals surface area contributed by atoms with Gasteiger partial charge in [0, 0.05) is 23.7 Å². The summed E-state index contributed by atoms with van der Waals surface area (Å²) in [4.78, 5) is 19.4. The molecule has 1 amide bonds. The van der Waals surface area contributed by atoms with Gasteiger partial charge in [0.05, 0.1) is 10.8 Å². The summed E-state index contributed by atoms with van der Waals surface area (Å²) in [6, 6.07) is 11.2. The van der Waals surface area contributed by atoms with Gasteiger partial charge in [-0.2, -0.15) is 4.98 Å². The highest BCUT2D eigenvalue weighted by atomic mass is 35.5. The Kier molecular flexibility index (Phi) is 3.63. The van der Waals surface area contributed by atoms with Crippen molar-refractivity contribution in [1.82, 2.24) is 10.1 Å². The molecule has 0 aliphatic carbocycles. The number of benzene rings is 1. The van der Waals surface area contributed by atoms with Gasteiger partial charge in [0.1, 0.15) is 0 Å². The van der Waals surface area contributed by atoms with Crippen LogP contribution in [0.2, 0.25) is 5.02 Å². The molecule has 1 atom stereocenters. The third-order valence-electron chi connectivity index (χ3n) is 3.78. The Balaban J connectivity index is 1.57. The minimum Gasteiger partial charge on any atom is -0.339 e. The van der Waals surface area contributed by atoms with Crippen LogP contribution in [-0.2, 0) is 4.79 Å². The van der Waals surface area contributed by atoms with Crippen molar-refractivity contribution in [3.63, 3.8) is 0 Å². The van der Waals surface area contributed by atoms with E-state index in [0.29, 0.717) is 29.7 Å². The standard InChI is InChI=1S/C16H12ClN3O2S/c17-11-3-1-4-12(8-11)20-9-10(7-14(20)21)16-18-15(19-22-16)13-5-2-6-23-13/h1-6,8,10H,7,9H2/t10-/m1/s1. The summed E-state index contributed by atoms with van der Waals surface area (Å²) in [6.07, 6.45) is 0.360. The molecule has 1 aromatic carbocycles. The van der Waals surface area contributed by atoms with E-state index in [1.165, 1.54) is 0 Å². The Morgan fingerprint density at radius 1 is 1.30 bits per heavy atom. The van der Waals surface area contributed by atoms with Gasteiger partial charge in [0.25, 0.3) is 0 Å². The van der Waals surface area contributed by atoms with Crippen molar-refractivity contribution in [3.05, 3.63) is 52.7 Å². The van der Waals surface area contributed by atoms with Crippen molar-refractivity contribution in [2.45, 2.75) is 12.3 Å². The molecule has 0 saturated carbocycles. The lowest BCUT2D eigenvalue weighted by atomic mass is 10.1. The molecule has 3 heterocycles. The molecule has 0 bridgehead atoms. The topological polar surface area (TPSA) is 59.2 Å². The molecular formula is C16H12ClN3O2S. The molecule has 1 fully saturated rings. The van der Waals surface area contributed by atoms with Gasteiger partial charge in [0.15, 0.2) is 0 Å². The second-order valence-electron chi connectivity index (χ2n) is 5.32. The molecule has 0 spiro atoms. The Hall–Kier alpha value is -2.18. The fourth-order valence-electron chi connectivity index (χ4n) is 2.67. The minimum atomic E-state index is -0.0947. The first-order chi connectivity index (χ1) is 11.2. The number of carbonyl (C=O) groups is 1. The number of anilines is 1. The van der Waals surface area contributed by atoms with E-state index in [0.717, 1.165) is 10.6 Å². The molecule has 0 N–H and O–H groups in total. The maximum Gasteiger partial charge on any atom is 0.232 e. The summed E-state index contributed by atoms with van der Waals surface area (Å²) in [5.41, 5.74) is 0.794. The molecule has 116 valence electrons. The lowest BCUT2D eigenvalue weighted by Crippen LogP contribution is -2.24. The quantitative estimate of drug-likeness (QED) is 0.720. The zero-order chi connectivity index (χ0) is 15.8. The van der Waals surface area contributed by atoms with E-state index in [1.54, 1.807) is 28.4 Å². The first-order valence-electron chi connectivity index (χ1n) is 7.14. The maximum absolute atomic E-state index is 12.3. The maximum atomic E-state index is 12.3. The first-order valence-corrected chi connectivity index (χ1v) is 8.40. The van der Waals surface area contributed by atoms with Crippen molar-refractivity contribution in [1.29, 1.82) is 0 Å². The molecule has 2 aromatic heterocycles. The third kappa shape index (κ3) is 2.75. The van der Waals surface area contributed by atoms with Crippen LogP contribution in [0.5, 0.6) is 0 Å². The van der Waals surface area contributed by atoms with E-state index in [1.807, 2.05) is 29.6 Å². The minimum absolute atomic E-state index is 0.0353. The molecule has 1 aliphatic rings. The van der Waals surface area contributed by atoms with Gasteiger partial charge in [0.2, 0.25) is 17.6 Å². The Labute approximate surface area is 141 Å². The Morgan fingerprint density at radius 2 is 2.22 bits per heavy atom. The van der Waals surface area contributed by atoms with Crippen LogP contribution in [0, 0.1) is 0 Å². The number of halogens is 1. The van der Waals surface area contributed by atoms with Crippen LogP contribution < -0.4 is 4.90 Å². The molecule has 1 aliphatic heterocycles. The summed E-state index contributed by atoms with van der Waals surface area (Å²) in [5.74, 6) is 1.02. The van der Waals surface area contributed by atoms with Gasteiger partial charge < -0.3 is 9.42 Å². The highest BCUT2D eigenvalue weighted by Crippen LogP contribution is 2.33. The van der Waals surface area contributed by atoms with Crippen molar-refractivity contribution in [3.8, 4) is 10.7 Å². The zero-order valence-corrected chi connectivity index (χ0v) is 13.5. The summed E-state index contributed by atoms with van der Waals surface area (Å²) >= 11 is 7.56. The van der Waals surface area contributed by atoms with E-state index in [9.17, 15) is 4.79 Å². The molecule has 0 radical (unpaired) electrons. The number of nitrogens with zero attached hydrogens (tertiary/aromatic N) is 3. The van der Waals surface area contributed by atoms with Gasteiger partial charge in [-0.15, -0.1) is 11.3 Å². The van der Waals surface area contributed by atoms with Gasteiger partial charge >= 0.3 is 0 Å². The third-order valence-corrected chi connectivity index (χ3v) is 4.88. The van der Waals surface area contributed by atoms with Gasteiger partial charge in [-0.25, -0.2) is 0 Å². The largest absolute Gasteiger partial charge is 0.339 e. The molecule has 1 saturated heterocycles. The average Bonchev–Trinajstić information content (AvgIpc) is 3.27. The number of amides is 1. The fourth-order valence-corrected chi connectivity index (χ4v) is 3.51. The molecule has 4 rings (SSSR count). The Morgan fingerprint density at radius 3 is 3.00 bits per heavy atom. The van der Waals surface area contributed by atoms with Crippen LogP contribution in [0.3, 0.4) is 0 Å². The lowest BCUT2D eigenvalue weighted by Gasteiger charge is -2.16. The van der Waals surface area contributed by atoms with E-state index in [2.05, 4.69) is 10.1 Å². The highest BCUT2D eigenvalue weighted by molar-refractivity contribution is 7.13. The van der Waals surface area contributed by atoms with Crippen molar-refractivity contribution in [2.75, 3.05) is 11.4 Å². The van der Waals surface area contributed by atoms with E-state index < -0.39 is 0 Å². The summed E-state index contributed by atoms with van der Waals surface area (Å²) in [7, 11) is 0. The van der Waals surface area contributed by atoms with E-state index in [-0.39, 0.29) is 11.8 Å². The van der Waals surface area contributed by atoms with Crippen LogP contribution >= 0.6 is 22.9 Å². The van der Waals surface area contributed by atoms with Crippen molar-refractivity contribution < 1.29 is 9.32 Å². The number of carbonyl (C=O) groups excluding carboxylic acids is 1. The zero-order valence-electron chi connectivity index (χ0n) is 12.0. The smallest absolute Gasteiger partial charge is 0.232 e. The van der Waals surface area contributed by atoms with Gasteiger partial charge in [-0.1, -0.05) is 28.9 Å².